The van der Waals surface area contributed by atoms with Gasteiger partial charge >= 0.3 is 0 Å². The molecule has 0 radical (unpaired) electrons. The van der Waals surface area contributed by atoms with Crippen LogP contribution in [0.1, 0.15) is 31.6 Å². The first-order valence-corrected chi connectivity index (χ1v) is 7.85. The van der Waals surface area contributed by atoms with Crippen molar-refractivity contribution in [2.75, 3.05) is 13.2 Å². The number of halogens is 1. The zero-order valence-corrected chi connectivity index (χ0v) is 12.8. The average Bonchev–Trinajstić information content (AvgIpc) is 2.57. The molecule has 116 valence electrons. The minimum atomic E-state index is -0.268. The summed E-state index contributed by atoms with van der Waals surface area (Å²) in [6.07, 6.45) is 2.04. The zero-order chi connectivity index (χ0) is 15.4. The predicted molar refractivity (Wildman–Crippen MR) is 84.9 cm³/mol. The summed E-state index contributed by atoms with van der Waals surface area (Å²) < 4.78 is 24.6. The van der Waals surface area contributed by atoms with Gasteiger partial charge in [0.25, 0.3) is 0 Å². The first-order valence-electron chi connectivity index (χ1n) is 7.85. The zero-order valence-electron chi connectivity index (χ0n) is 12.8. The lowest BCUT2D eigenvalue weighted by molar-refractivity contribution is -0.206. The molecule has 1 aliphatic rings. The van der Waals surface area contributed by atoms with E-state index in [4.69, 9.17) is 9.47 Å². The lowest BCUT2D eigenvalue weighted by Crippen LogP contribution is -2.26. The Bertz CT molecular complexity index is 584. The molecule has 0 aromatic heterocycles. The fourth-order valence-corrected chi connectivity index (χ4v) is 2.79. The van der Waals surface area contributed by atoms with Gasteiger partial charge in [0.05, 0.1) is 13.2 Å². The summed E-state index contributed by atoms with van der Waals surface area (Å²) >= 11 is 0. The molecule has 0 aliphatic carbocycles. The van der Waals surface area contributed by atoms with Crippen molar-refractivity contribution in [3.05, 3.63) is 59.9 Å². The van der Waals surface area contributed by atoms with Crippen LogP contribution in [0, 0.1) is 11.7 Å². The average molecular weight is 300 g/mol. The van der Waals surface area contributed by atoms with Crippen LogP contribution in [0.25, 0.3) is 11.1 Å². The Hall–Kier alpha value is -1.71. The number of rotatable bonds is 4. The van der Waals surface area contributed by atoms with Crippen molar-refractivity contribution < 1.29 is 13.9 Å². The standard InChI is InChI=1S/C19H21FO2/c1-2-3-14-12-21-19(22-13-14)17-6-4-15(5-7-17)16-8-10-18(20)11-9-16/h4-11,14,19H,2-3,12-13H2,1H3. The van der Waals surface area contributed by atoms with Crippen LogP contribution in [-0.2, 0) is 9.47 Å². The summed E-state index contributed by atoms with van der Waals surface area (Å²) in [5, 5.41) is 0. The van der Waals surface area contributed by atoms with E-state index >= 15 is 0 Å². The molecular weight excluding hydrogens is 279 g/mol. The maximum absolute atomic E-state index is 13.0. The molecule has 0 N–H and O–H groups in total. The van der Waals surface area contributed by atoms with Crippen molar-refractivity contribution in [2.45, 2.75) is 26.1 Å². The smallest absolute Gasteiger partial charge is 0.183 e. The Balaban J connectivity index is 1.66. The molecule has 0 unspecified atom stereocenters. The third kappa shape index (κ3) is 3.54. The van der Waals surface area contributed by atoms with Crippen LogP contribution in [0.3, 0.4) is 0 Å². The van der Waals surface area contributed by atoms with E-state index < -0.39 is 0 Å². The van der Waals surface area contributed by atoms with Crippen molar-refractivity contribution in [1.82, 2.24) is 0 Å². The van der Waals surface area contributed by atoms with Gasteiger partial charge in [0.2, 0.25) is 0 Å². The number of ether oxygens (including phenoxy) is 2. The summed E-state index contributed by atoms with van der Waals surface area (Å²) in [6, 6.07) is 14.6. The van der Waals surface area contributed by atoms with Crippen molar-refractivity contribution in [2.24, 2.45) is 5.92 Å². The van der Waals surface area contributed by atoms with Crippen molar-refractivity contribution in [3.63, 3.8) is 0 Å². The molecule has 1 fully saturated rings. The quantitative estimate of drug-likeness (QED) is 0.795. The number of benzene rings is 2. The molecule has 3 rings (SSSR count). The van der Waals surface area contributed by atoms with Gasteiger partial charge in [-0.1, -0.05) is 49.7 Å². The molecule has 0 amide bonds. The highest BCUT2D eigenvalue weighted by molar-refractivity contribution is 5.63. The highest BCUT2D eigenvalue weighted by Gasteiger charge is 2.22. The Morgan fingerprint density at radius 3 is 2.00 bits per heavy atom. The lowest BCUT2D eigenvalue weighted by Gasteiger charge is -2.29. The Kier molecular flexibility index (Phi) is 4.86. The van der Waals surface area contributed by atoms with Gasteiger partial charge in [0.1, 0.15) is 5.82 Å². The van der Waals surface area contributed by atoms with Crippen molar-refractivity contribution >= 4 is 0 Å². The van der Waals surface area contributed by atoms with E-state index in [1.807, 2.05) is 24.3 Å². The fourth-order valence-electron chi connectivity index (χ4n) is 2.79. The summed E-state index contributed by atoms with van der Waals surface area (Å²) in [5.74, 6) is 0.297. The second-order valence-electron chi connectivity index (χ2n) is 5.78. The third-order valence-corrected chi connectivity index (χ3v) is 4.02. The third-order valence-electron chi connectivity index (χ3n) is 4.02. The first kappa shape index (κ1) is 15.2. The Morgan fingerprint density at radius 1 is 0.909 bits per heavy atom. The summed E-state index contributed by atoms with van der Waals surface area (Å²) in [4.78, 5) is 0. The van der Waals surface area contributed by atoms with Gasteiger partial charge < -0.3 is 9.47 Å². The minimum Gasteiger partial charge on any atom is -0.348 e. The second kappa shape index (κ2) is 7.03. The van der Waals surface area contributed by atoms with Gasteiger partial charge in [-0.25, -0.2) is 4.39 Å². The fraction of sp³-hybridized carbons (Fsp3) is 0.368. The van der Waals surface area contributed by atoms with Crippen LogP contribution < -0.4 is 0 Å². The van der Waals surface area contributed by atoms with E-state index in [1.54, 1.807) is 12.1 Å². The molecule has 22 heavy (non-hydrogen) atoms. The van der Waals surface area contributed by atoms with Gasteiger partial charge in [-0.15, -0.1) is 0 Å². The van der Waals surface area contributed by atoms with E-state index in [2.05, 4.69) is 6.92 Å². The second-order valence-corrected chi connectivity index (χ2v) is 5.78. The van der Waals surface area contributed by atoms with Gasteiger partial charge in [-0.3, -0.25) is 0 Å². The minimum absolute atomic E-state index is 0.217. The van der Waals surface area contributed by atoms with E-state index in [-0.39, 0.29) is 12.1 Å². The topological polar surface area (TPSA) is 18.5 Å². The normalized spacial score (nSPS) is 21.7. The maximum Gasteiger partial charge on any atom is 0.183 e. The molecule has 2 aromatic rings. The van der Waals surface area contributed by atoms with Crippen LogP contribution in [0.2, 0.25) is 0 Å². The molecule has 1 aliphatic heterocycles. The van der Waals surface area contributed by atoms with Crippen LogP contribution in [0.5, 0.6) is 0 Å². The van der Waals surface area contributed by atoms with Crippen molar-refractivity contribution in [1.29, 1.82) is 0 Å². The number of hydrogen-bond donors (Lipinski definition) is 0. The monoisotopic (exact) mass is 300 g/mol. The molecule has 3 heteroatoms. The molecule has 0 saturated carbocycles. The lowest BCUT2D eigenvalue weighted by atomic mass is 10.0. The molecule has 0 bridgehead atoms. The van der Waals surface area contributed by atoms with E-state index in [9.17, 15) is 4.39 Å². The predicted octanol–water partition coefficient (Wildman–Crippen LogP) is 4.95. The molecule has 2 nitrogen and oxygen atoms in total. The number of hydrogen-bond acceptors (Lipinski definition) is 2. The molecular formula is C19H21FO2. The largest absolute Gasteiger partial charge is 0.348 e. The van der Waals surface area contributed by atoms with E-state index in [1.165, 1.54) is 12.1 Å². The van der Waals surface area contributed by atoms with Gasteiger partial charge in [0, 0.05) is 11.5 Å². The summed E-state index contributed by atoms with van der Waals surface area (Å²) in [5.41, 5.74) is 3.09. The van der Waals surface area contributed by atoms with E-state index in [0.29, 0.717) is 5.92 Å². The van der Waals surface area contributed by atoms with Crippen LogP contribution in [0.4, 0.5) is 4.39 Å². The van der Waals surface area contributed by atoms with Gasteiger partial charge in [-0.05, 0) is 29.7 Å². The van der Waals surface area contributed by atoms with Gasteiger partial charge in [0.15, 0.2) is 6.29 Å². The first-order chi connectivity index (χ1) is 10.8. The Labute approximate surface area is 130 Å². The van der Waals surface area contributed by atoms with Crippen LogP contribution in [-0.4, -0.2) is 13.2 Å². The molecule has 2 aromatic carbocycles. The highest BCUT2D eigenvalue weighted by atomic mass is 19.1. The van der Waals surface area contributed by atoms with Crippen LogP contribution >= 0.6 is 0 Å². The summed E-state index contributed by atoms with van der Waals surface area (Å²) in [7, 11) is 0. The van der Waals surface area contributed by atoms with Gasteiger partial charge in [-0.2, -0.15) is 0 Å². The maximum atomic E-state index is 13.0. The molecule has 1 saturated heterocycles. The van der Waals surface area contributed by atoms with E-state index in [0.717, 1.165) is 42.7 Å². The van der Waals surface area contributed by atoms with Crippen molar-refractivity contribution in [3.8, 4) is 11.1 Å². The molecule has 0 atom stereocenters. The Morgan fingerprint density at radius 2 is 1.45 bits per heavy atom. The molecule has 1 heterocycles. The summed E-state index contributed by atoms with van der Waals surface area (Å²) in [6.45, 7) is 3.71. The SMILES string of the molecule is CCCC1COC(c2ccc(-c3ccc(F)cc3)cc2)OC1. The van der Waals surface area contributed by atoms with Crippen LogP contribution in [0.15, 0.2) is 48.5 Å². The highest BCUT2D eigenvalue weighted by Crippen LogP contribution is 2.28. The molecule has 0 spiro atoms.